The van der Waals surface area contributed by atoms with E-state index >= 15 is 0 Å². The van der Waals surface area contributed by atoms with Gasteiger partial charge in [0, 0.05) is 11.5 Å². The number of nitrogens with zero attached hydrogens (tertiary/aromatic N) is 1. The molecule has 0 bridgehead atoms. The highest BCUT2D eigenvalue weighted by atomic mass is 16.4. The summed E-state index contributed by atoms with van der Waals surface area (Å²) >= 11 is 0. The molecule has 5 rings (SSSR count). The van der Waals surface area contributed by atoms with Crippen molar-refractivity contribution in [3.05, 3.63) is 71.1 Å². The molecular formula is C22H20N2O3. The minimum Gasteiger partial charge on any atom is -0.508 e. The minimum atomic E-state index is -0.205. The first-order chi connectivity index (χ1) is 13.2. The first-order valence-electron chi connectivity index (χ1n) is 9.38. The van der Waals surface area contributed by atoms with Crippen molar-refractivity contribution in [3.8, 4) is 17.2 Å². The van der Waals surface area contributed by atoms with Crippen LogP contribution < -0.4 is 5.32 Å². The van der Waals surface area contributed by atoms with Crippen molar-refractivity contribution >= 4 is 5.91 Å². The lowest BCUT2D eigenvalue weighted by molar-refractivity contribution is 0.0930. The Morgan fingerprint density at radius 2 is 1.89 bits per heavy atom. The maximum atomic E-state index is 13.0. The summed E-state index contributed by atoms with van der Waals surface area (Å²) in [7, 11) is 0. The van der Waals surface area contributed by atoms with E-state index in [1.54, 1.807) is 6.07 Å². The number of phenols is 1. The Hall–Kier alpha value is -3.08. The first-order valence-corrected chi connectivity index (χ1v) is 9.38. The highest BCUT2D eigenvalue weighted by Gasteiger charge is 2.35. The summed E-state index contributed by atoms with van der Waals surface area (Å²) in [6.07, 6.45) is 3.60. The highest BCUT2D eigenvalue weighted by Crippen LogP contribution is 2.43. The largest absolute Gasteiger partial charge is 0.508 e. The monoisotopic (exact) mass is 360 g/mol. The minimum absolute atomic E-state index is 0.108. The zero-order chi connectivity index (χ0) is 18.4. The molecule has 2 aromatic carbocycles. The molecule has 2 aliphatic rings. The van der Waals surface area contributed by atoms with Gasteiger partial charge in [-0.15, -0.1) is 0 Å². The van der Waals surface area contributed by atoms with Gasteiger partial charge in [-0.2, -0.15) is 0 Å². The van der Waals surface area contributed by atoms with Gasteiger partial charge in [-0.05, 0) is 55.0 Å². The van der Waals surface area contributed by atoms with Crippen LogP contribution >= 0.6 is 0 Å². The molecule has 1 fully saturated rings. The SMILES string of the molecule is O=C(NC1CCc2c(O)cccc21)c1nc(-c2ccccc2)oc1C1CC1. The first kappa shape index (κ1) is 16.1. The number of oxazole rings is 1. The van der Waals surface area contributed by atoms with Crippen LogP contribution in [0, 0.1) is 0 Å². The van der Waals surface area contributed by atoms with E-state index < -0.39 is 0 Å². The van der Waals surface area contributed by atoms with E-state index in [0.29, 0.717) is 23.1 Å². The number of nitrogens with one attached hydrogen (secondary N) is 1. The summed E-state index contributed by atoms with van der Waals surface area (Å²) in [6, 6.07) is 15.0. The molecule has 27 heavy (non-hydrogen) atoms. The fraction of sp³-hybridized carbons (Fsp3) is 0.273. The molecule has 1 aromatic heterocycles. The normalized spacial score (nSPS) is 18.3. The molecule has 1 saturated carbocycles. The third kappa shape index (κ3) is 2.89. The second kappa shape index (κ2) is 6.27. The molecule has 3 aromatic rings. The Bertz CT molecular complexity index is 1010. The van der Waals surface area contributed by atoms with Crippen molar-refractivity contribution in [1.29, 1.82) is 0 Å². The Morgan fingerprint density at radius 3 is 2.67 bits per heavy atom. The topological polar surface area (TPSA) is 75.4 Å². The Morgan fingerprint density at radius 1 is 1.07 bits per heavy atom. The third-order valence-corrected chi connectivity index (χ3v) is 5.39. The van der Waals surface area contributed by atoms with Crippen LogP contribution in [0.15, 0.2) is 52.9 Å². The van der Waals surface area contributed by atoms with Gasteiger partial charge in [-0.3, -0.25) is 4.79 Å². The van der Waals surface area contributed by atoms with Gasteiger partial charge in [-0.25, -0.2) is 4.98 Å². The van der Waals surface area contributed by atoms with Crippen LogP contribution in [-0.4, -0.2) is 16.0 Å². The lowest BCUT2D eigenvalue weighted by atomic mass is 10.1. The average molecular weight is 360 g/mol. The summed E-state index contributed by atoms with van der Waals surface area (Å²) < 4.78 is 5.99. The van der Waals surface area contributed by atoms with Crippen LogP contribution in [0.4, 0.5) is 0 Å². The molecule has 1 unspecified atom stereocenters. The number of fused-ring (bicyclic) bond motifs is 1. The van der Waals surface area contributed by atoms with Gasteiger partial charge in [0.05, 0.1) is 6.04 Å². The molecule has 0 radical (unpaired) electrons. The Labute approximate surface area is 157 Å². The number of benzene rings is 2. The van der Waals surface area contributed by atoms with Gasteiger partial charge in [0.1, 0.15) is 11.5 Å². The molecule has 1 amide bonds. The van der Waals surface area contributed by atoms with E-state index in [4.69, 9.17) is 4.42 Å². The van der Waals surface area contributed by atoms with Crippen LogP contribution in [-0.2, 0) is 6.42 Å². The predicted octanol–water partition coefficient (Wildman–Crippen LogP) is 4.34. The van der Waals surface area contributed by atoms with E-state index in [9.17, 15) is 9.90 Å². The fourth-order valence-electron chi connectivity index (χ4n) is 3.83. The molecule has 5 nitrogen and oxygen atoms in total. The molecule has 2 N–H and O–H groups in total. The molecule has 5 heteroatoms. The number of aromatic nitrogens is 1. The standard InChI is InChI=1S/C22H20N2O3/c25-18-8-4-7-15-16(18)11-12-17(15)23-21(26)19-20(13-9-10-13)27-22(24-19)14-5-2-1-3-6-14/h1-8,13,17,25H,9-12H2,(H,23,26). The Balaban J connectivity index is 1.44. The van der Waals surface area contributed by atoms with Crippen LogP contribution in [0.1, 0.15) is 58.6 Å². The lowest BCUT2D eigenvalue weighted by Gasteiger charge is -2.13. The molecule has 2 aliphatic carbocycles. The zero-order valence-electron chi connectivity index (χ0n) is 14.8. The smallest absolute Gasteiger partial charge is 0.274 e. The molecular weight excluding hydrogens is 340 g/mol. The summed E-state index contributed by atoms with van der Waals surface area (Å²) in [6.45, 7) is 0. The van der Waals surface area contributed by atoms with Crippen LogP contribution in [0.5, 0.6) is 5.75 Å². The highest BCUT2D eigenvalue weighted by molar-refractivity contribution is 5.94. The molecule has 136 valence electrons. The summed E-state index contributed by atoms with van der Waals surface area (Å²) in [5, 5.41) is 13.1. The number of carbonyl (C=O) groups excluding carboxylic acids is 1. The van der Waals surface area contributed by atoms with Gasteiger partial charge < -0.3 is 14.8 Å². The van der Waals surface area contributed by atoms with Crippen molar-refractivity contribution in [2.75, 3.05) is 0 Å². The van der Waals surface area contributed by atoms with Crippen LogP contribution in [0.2, 0.25) is 0 Å². The van der Waals surface area contributed by atoms with Crippen molar-refractivity contribution in [2.24, 2.45) is 0 Å². The number of hydrogen-bond donors (Lipinski definition) is 2. The maximum absolute atomic E-state index is 13.0. The van der Waals surface area contributed by atoms with Gasteiger partial charge in [-0.1, -0.05) is 30.3 Å². The number of amides is 1. The molecule has 0 aliphatic heterocycles. The summed E-state index contributed by atoms with van der Waals surface area (Å²) in [5.41, 5.74) is 3.18. The van der Waals surface area contributed by atoms with Gasteiger partial charge in [0.15, 0.2) is 5.69 Å². The molecule has 1 heterocycles. The van der Waals surface area contributed by atoms with E-state index in [1.807, 2.05) is 42.5 Å². The second-order valence-electron chi connectivity index (χ2n) is 7.28. The van der Waals surface area contributed by atoms with Gasteiger partial charge in [0.25, 0.3) is 5.91 Å². The molecule has 1 atom stereocenters. The van der Waals surface area contributed by atoms with Crippen molar-refractivity contribution in [3.63, 3.8) is 0 Å². The number of phenolic OH excluding ortho intramolecular Hbond substituents is 1. The number of carbonyl (C=O) groups is 1. The predicted molar refractivity (Wildman–Crippen MR) is 101 cm³/mol. The number of rotatable bonds is 4. The van der Waals surface area contributed by atoms with Crippen molar-refractivity contribution in [2.45, 2.75) is 37.6 Å². The fourth-order valence-corrected chi connectivity index (χ4v) is 3.83. The number of aromatic hydroxyl groups is 1. The van der Waals surface area contributed by atoms with Crippen molar-refractivity contribution < 1.29 is 14.3 Å². The maximum Gasteiger partial charge on any atom is 0.274 e. The van der Waals surface area contributed by atoms with Crippen molar-refractivity contribution in [1.82, 2.24) is 10.3 Å². The Kier molecular flexibility index (Phi) is 3.74. The quantitative estimate of drug-likeness (QED) is 0.726. The van der Waals surface area contributed by atoms with Crippen LogP contribution in [0.3, 0.4) is 0 Å². The van der Waals surface area contributed by atoms with Gasteiger partial charge in [0.2, 0.25) is 5.89 Å². The lowest BCUT2D eigenvalue weighted by Crippen LogP contribution is -2.28. The number of hydrogen-bond acceptors (Lipinski definition) is 4. The molecule has 0 saturated heterocycles. The van der Waals surface area contributed by atoms with Gasteiger partial charge >= 0.3 is 0 Å². The summed E-state index contributed by atoms with van der Waals surface area (Å²) in [5.74, 6) is 1.57. The van der Waals surface area contributed by atoms with E-state index in [2.05, 4.69) is 10.3 Å². The third-order valence-electron chi connectivity index (χ3n) is 5.39. The zero-order valence-corrected chi connectivity index (χ0v) is 14.8. The van der Waals surface area contributed by atoms with Crippen LogP contribution in [0.25, 0.3) is 11.5 Å². The molecule has 0 spiro atoms. The van der Waals surface area contributed by atoms with E-state index in [1.165, 1.54) is 0 Å². The summed E-state index contributed by atoms with van der Waals surface area (Å²) in [4.78, 5) is 17.5. The van der Waals surface area contributed by atoms with E-state index in [0.717, 1.165) is 42.4 Å². The van der Waals surface area contributed by atoms with E-state index in [-0.39, 0.29) is 17.9 Å². The second-order valence-corrected chi connectivity index (χ2v) is 7.28. The average Bonchev–Trinajstić information content (AvgIpc) is 3.30.